The van der Waals surface area contributed by atoms with E-state index in [0.717, 1.165) is 20.8 Å². The number of hydrogen-bond donors (Lipinski definition) is 0. The third-order valence-electron chi connectivity index (χ3n) is 8.23. The van der Waals surface area contributed by atoms with Crippen molar-refractivity contribution >= 4 is 109 Å². The fourth-order valence-electron chi connectivity index (χ4n) is 6.96. The van der Waals surface area contributed by atoms with Crippen LogP contribution in [-0.4, -0.2) is 0 Å². The highest BCUT2D eigenvalue weighted by Gasteiger charge is 2.22. The predicted molar refractivity (Wildman–Crippen MR) is 159 cm³/mol. The van der Waals surface area contributed by atoms with Gasteiger partial charge in [-0.15, -0.1) is 0 Å². The molecule has 0 fully saturated rings. The van der Waals surface area contributed by atoms with Gasteiger partial charge in [0.2, 0.25) is 0 Å². The lowest BCUT2D eigenvalue weighted by atomic mass is 9.82. The van der Waals surface area contributed by atoms with Gasteiger partial charge in [0.25, 0.3) is 0 Å². The summed E-state index contributed by atoms with van der Waals surface area (Å²) in [6.45, 7) is 0. The molecule has 0 unspecified atom stereocenters. The molecule has 0 aromatic heterocycles. The van der Waals surface area contributed by atoms with Crippen molar-refractivity contribution in [2.45, 2.75) is 0 Å². The zero-order valence-electron chi connectivity index (χ0n) is 19.0. The Labute approximate surface area is 215 Å². The average Bonchev–Trinajstić information content (AvgIpc) is 2.91. The Hall–Kier alpha value is -3.84. The second-order valence-electron chi connectivity index (χ2n) is 9.86. The summed E-state index contributed by atoms with van der Waals surface area (Å²) in [6.07, 6.45) is 0. The van der Waals surface area contributed by atoms with Gasteiger partial charge < -0.3 is 0 Å². The first-order chi connectivity index (χ1) is 17.7. The SMILES string of the molecule is Clc1ccc2cccc3c2c1c1cccc2c1c3c1cccc3c4c(Cl)ccc5cccc(c54)c2c31. The first kappa shape index (κ1) is 19.4. The molecule has 0 nitrogen and oxygen atoms in total. The van der Waals surface area contributed by atoms with E-state index in [0.29, 0.717) is 0 Å². The molecule has 0 saturated carbocycles. The van der Waals surface area contributed by atoms with Gasteiger partial charge in [-0.05, 0) is 87.5 Å². The van der Waals surface area contributed by atoms with E-state index in [4.69, 9.17) is 23.2 Å². The quantitative estimate of drug-likeness (QED) is 0.145. The minimum Gasteiger partial charge on any atom is -0.0836 e. The average molecular weight is 495 g/mol. The maximum atomic E-state index is 6.92. The number of rotatable bonds is 0. The Morgan fingerprint density at radius 1 is 0.278 bits per heavy atom. The largest absolute Gasteiger partial charge is 0.0836 e. The van der Waals surface area contributed by atoms with Crippen LogP contribution in [0.3, 0.4) is 0 Å². The van der Waals surface area contributed by atoms with E-state index < -0.39 is 0 Å². The fraction of sp³-hybridized carbons (Fsp3) is 0. The first-order valence-corrected chi connectivity index (χ1v) is 12.9. The molecule has 9 rings (SSSR count). The van der Waals surface area contributed by atoms with Crippen LogP contribution in [0.25, 0.3) is 86.2 Å². The van der Waals surface area contributed by atoms with Gasteiger partial charge in [-0.3, -0.25) is 0 Å². The third kappa shape index (κ3) is 2.11. The van der Waals surface area contributed by atoms with Gasteiger partial charge in [-0.1, -0.05) is 108 Å². The molecular weight excluding hydrogens is 479 g/mol. The van der Waals surface area contributed by atoms with Crippen molar-refractivity contribution in [2.24, 2.45) is 0 Å². The number of halogens is 2. The summed E-state index contributed by atoms with van der Waals surface area (Å²) in [5, 5.41) is 21.4. The van der Waals surface area contributed by atoms with Crippen LogP contribution in [0.15, 0.2) is 97.1 Å². The van der Waals surface area contributed by atoms with Crippen molar-refractivity contribution in [3.8, 4) is 0 Å². The lowest BCUT2D eigenvalue weighted by molar-refractivity contribution is 1.79. The van der Waals surface area contributed by atoms with Gasteiger partial charge in [0, 0.05) is 20.8 Å². The highest BCUT2D eigenvalue weighted by atomic mass is 35.5. The molecule has 0 aliphatic heterocycles. The van der Waals surface area contributed by atoms with E-state index >= 15 is 0 Å². The fourth-order valence-corrected chi connectivity index (χ4v) is 7.47. The van der Waals surface area contributed by atoms with Crippen LogP contribution in [0.5, 0.6) is 0 Å². The van der Waals surface area contributed by atoms with E-state index in [1.807, 2.05) is 12.1 Å². The Balaban J connectivity index is 1.77. The molecule has 0 radical (unpaired) electrons. The van der Waals surface area contributed by atoms with Crippen molar-refractivity contribution in [2.75, 3.05) is 0 Å². The predicted octanol–water partition coefficient (Wildman–Crippen LogP) is 11.1. The van der Waals surface area contributed by atoms with E-state index in [2.05, 4.69) is 84.9 Å². The van der Waals surface area contributed by atoms with Crippen LogP contribution in [0, 0.1) is 0 Å². The van der Waals surface area contributed by atoms with Gasteiger partial charge in [-0.2, -0.15) is 0 Å². The maximum absolute atomic E-state index is 6.92. The van der Waals surface area contributed by atoms with Crippen LogP contribution >= 0.6 is 23.2 Å². The topological polar surface area (TPSA) is 0 Å². The highest BCUT2D eigenvalue weighted by molar-refractivity contribution is 6.51. The summed E-state index contributed by atoms with van der Waals surface area (Å²) in [6, 6.07) is 35.0. The van der Waals surface area contributed by atoms with Crippen LogP contribution in [-0.2, 0) is 0 Å². The van der Waals surface area contributed by atoms with Crippen molar-refractivity contribution in [1.82, 2.24) is 0 Å². The Kier molecular flexibility index (Phi) is 3.48. The van der Waals surface area contributed by atoms with Gasteiger partial charge in [0.15, 0.2) is 0 Å². The van der Waals surface area contributed by atoms with Crippen molar-refractivity contribution < 1.29 is 0 Å². The van der Waals surface area contributed by atoms with Crippen LogP contribution < -0.4 is 0 Å². The second kappa shape index (κ2) is 6.48. The number of hydrogen-bond acceptors (Lipinski definition) is 0. The van der Waals surface area contributed by atoms with Crippen LogP contribution in [0.1, 0.15) is 0 Å². The van der Waals surface area contributed by atoms with Crippen molar-refractivity contribution in [3.05, 3.63) is 107 Å². The Bertz CT molecular complexity index is 2210. The van der Waals surface area contributed by atoms with Gasteiger partial charge in [-0.25, -0.2) is 0 Å². The molecule has 0 amide bonds. The van der Waals surface area contributed by atoms with Crippen LogP contribution in [0.4, 0.5) is 0 Å². The molecule has 0 atom stereocenters. The monoisotopic (exact) mass is 494 g/mol. The maximum Gasteiger partial charge on any atom is 0.0491 e. The highest BCUT2D eigenvalue weighted by Crippen LogP contribution is 2.51. The van der Waals surface area contributed by atoms with E-state index in [9.17, 15) is 0 Å². The minimum absolute atomic E-state index is 0.801. The zero-order valence-corrected chi connectivity index (χ0v) is 20.5. The molecule has 0 spiro atoms. The summed E-state index contributed by atoms with van der Waals surface area (Å²) in [5.74, 6) is 0. The molecule has 0 heterocycles. The summed E-state index contributed by atoms with van der Waals surface area (Å²) in [7, 11) is 0. The number of benzene rings is 9. The lowest BCUT2D eigenvalue weighted by Crippen LogP contribution is -1.93. The number of fused-ring (bicyclic) bond motifs is 6. The molecule has 0 aliphatic rings. The lowest BCUT2D eigenvalue weighted by Gasteiger charge is -2.21. The molecule has 166 valence electrons. The molecule has 0 aliphatic carbocycles. The smallest absolute Gasteiger partial charge is 0.0491 e. The van der Waals surface area contributed by atoms with E-state index in [-0.39, 0.29) is 0 Å². The minimum atomic E-state index is 0.801. The third-order valence-corrected chi connectivity index (χ3v) is 8.86. The molecule has 9 aromatic rings. The molecule has 9 aromatic carbocycles. The van der Waals surface area contributed by atoms with Gasteiger partial charge >= 0.3 is 0 Å². The summed E-state index contributed by atoms with van der Waals surface area (Å²) in [5.41, 5.74) is 0. The Morgan fingerprint density at radius 3 is 0.972 bits per heavy atom. The summed E-state index contributed by atoms with van der Waals surface area (Å²) >= 11 is 13.8. The zero-order chi connectivity index (χ0) is 23.7. The van der Waals surface area contributed by atoms with Crippen molar-refractivity contribution in [3.63, 3.8) is 0 Å². The van der Waals surface area contributed by atoms with Gasteiger partial charge in [0.1, 0.15) is 0 Å². The molecule has 36 heavy (non-hydrogen) atoms. The summed E-state index contributed by atoms with van der Waals surface area (Å²) in [4.78, 5) is 0. The molecular formula is C34H16Cl2. The standard InChI is InChI=1S/C34H16Cl2/c35-25-15-13-17-5-1-7-19-27(17)33(25)23-11-4-10-22-30-20-8-2-6-18-14-16-26(36)34(28(18)20)24-12-3-9-21(32(24)30)29(19)31(22)23/h1-16H. The second-order valence-corrected chi connectivity index (χ2v) is 10.7. The molecule has 0 saturated heterocycles. The van der Waals surface area contributed by atoms with E-state index in [1.165, 1.54) is 75.4 Å². The normalized spacial score (nSPS) is 12.7. The molecule has 0 N–H and O–H groups in total. The Morgan fingerprint density at radius 2 is 0.583 bits per heavy atom. The first-order valence-electron chi connectivity index (χ1n) is 12.2. The van der Waals surface area contributed by atoms with E-state index in [1.54, 1.807) is 0 Å². The molecule has 2 heteroatoms. The molecule has 0 bridgehead atoms. The van der Waals surface area contributed by atoms with Gasteiger partial charge in [0.05, 0.1) is 0 Å². The van der Waals surface area contributed by atoms with Crippen LogP contribution in [0.2, 0.25) is 10.0 Å². The van der Waals surface area contributed by atoms with Crippen molar-refractivity contribution in [1.29, 1.82) is 0 Å². The summed E-state index contributed by atoms with van der Waals surface area (Å²) < 4.78 is 0.